The van der Waals surface area contributed by atoms with Gasteiger partial charge in [0.25, 0.3) is 0 Å². The van der Waals surface area contributed by atoms with Crippen LogP contribution in [0.25, 0.3) is 22.3 Å². The molecule has 0 spiro atoms. The minimum absolute atomic E-state index is 0.793. The van der Waals surface area contributed by atoms with Gasteiger partial charge in [-0.1, -0.05) is 127 Å². The lowest BCUT2D eigenvalue weighted by Crippen LogP contribution is -2.02. The fraction of sp³-hybridized carbons (Fsp3) is 0.0556. The quantitative estimate of drug-likeness (QED) is 0.202. The Hall–Kier alpha value is -4.11. The van der Waals surface area contributed by atoms with Gasteiger partial charge >= 0.3 is 0 Å². The van der Waals surface area contributed by atoms with E-state index < -0.39 is 11.2 Å². The third kappa shape index (κ3) is 5.02. The Morgan fingerprint density at radius 3 is 1.58 bits per heavy atom. The second-order valence-corrected chi connectivity index (χ2v) is 10.8. The van der Waals surface area contributed by atoms with Crippen molar-refractivity contribution in [2.24, 2.45) is 0 Å². The summed E-state index contributed by atoms with van der Waals surface area (Å²) in [5.74, 6) is 0. The molecule has 184 valence electrons. The van der Waals surface area contributed by atoms with Crippen molar-refractivity contribution in [1.82, 2.24) is 0 Å². The standard InChI is InChI=1S/C36H28OS/c37-38(36-23-13-12-20-30(36)29-18-8-3-9-19-29)26-35-32-22-11-10-21-31(32)33(24-27-14-4-1-5-15-27)34(35)25-28-16-6-2-7-17-28/h1-23,26H,24-25H2/b35-26-. The van der Waals surface area contributed by atoms with Crippen molar-refractivity contribution in [1.29, 1.82) is 0 Å². The maximum absolute atomic E-state index is 14.1. The highest BCUT2D eigenvalue weighted by Gasteiger charge is 2.29. The number of hydrogen-bond acceptors (Lipinski definition) is 1. The van der Waals surface area contributed by atoms with Crippen LogP contribution in [0.15, 0.2) is 155 Å². The van der Waals surface area contributed by atoms with E-state index >= 15 is 0 Å². The van der Waals surface area contributed by atoms with Crippen LogP contribution in [-0.2, 0) is 24.0 Å². The summed E-state index contributed by atoms with van der Waals surface area (Å²) in [5.41, 5.74) is 10.7. The monoisotopic (exact) mass is 508 g/mol. The fourth-order valence-electron chi connectivity index (χ4n) is 5.28. The lowest BCUT2D eigenvalue weighted by Gasteiger charge is -2.14. The molecular weight excluding hydrogens is 480 g/mol. The summed E-state index contributed by atoms with van der Waals surface area (Å²) in [7, 11) is 0. The van der Waals surface area contributed by atoms with Gasteiger partial charge in [-0.05, 0) is 63.9 Å². The van der Waals surface area contributed by atoms with E-state index in [1.54, 1.807) is 0 Å². The molecule has 0 radical (unpaired) electrons. The molecule has 0 bridgehead atoms. The predicted octanol–water partition coefficient (Wildman–Crippen LogP) is 8.75. The Kier molecular flexibility index (Phi) is 7.08. The first-order chi connectivity index (χ1) is 18.8. The molecule has 0 saturated heterocycles. The van der Waals surface area contributed by atoms with Crippen LogP contribution in [0.4, 0.5) is 0 Å². The summed E-state index contributed by atoms with van der Waals surface area (Å²) in [6, 6.07) is 48.0. The molecule has 0 N–H and O–H groups in total. The zero-order valence-corrected chi connectivity index (χ0v) is 21.9. The summed E-state index contributed by atoms with van der Waals surface area (Å²) in [6.07, 6.45) is 1.63. The van der Waals surface area contributed by atoms with E-state index in [1.165, 1.54) is 27.8 Å². The van der Waals surface area contributed by atoms with Crippen LogP contribution in [0.2, 0.25) is 0 Å². The van der Waals surface area contributed by atoms with Gasteiger partial charge in [0.1, 0.15) is 5.41 Å². The molecule has 0 aliphatic heterocycles. The van der Waals surface area contributed by atoms with Gasteiger partial charge in [-0.2, -0.15) is 0 Å². The molecule has 0 saturated carbocycles. The molecule has 1 aliphatic rings. The summed E-state index contributed by atoms with van der Waals surface area (Å²) in [5, 5.41) is 1.98. The summed E-state index contributed by atoms with van der Waals surface area (Å²) in [6.45, 7) is 0. The largest absolute Gasteiger partial charge is 0.607 e. The molecule has 0 amide bonds. The zero-order chi connectivity index (χ0) is 25.7. The van der Waals surface area contributed by atoms with Gasteiger partial charge in [0.05, 0.1) is 0 Å². The molecule has 1 atom stereocenters. The zero-order valence-electron chi connectivity index (χ0n) is 21.1. The normalized spacial score (nSPS) is 14.5. The van der Waals surface area contributed by atoms with Gasteiger partial charge < -0.3 is 4.55 Å². The molecule has 1 nitrogen and oxygen atoms in total. The van der Waals surface area contributed by atoms with Crippen molar-refractivity contribution in [3.05, 3.63) is 173 Å². The van der Waals surface area contributed by atoms with Crippen LogP contribution < -0.4 is 0 Å². The summed E-state index contributed by atoms with van der Waals surface area (Å²) < 4.78 is 14.1. The van der Waals surface area contributed by atoms with Crippen LogP contribution >= 0.6 is 0 Å². The molecule has 5 aromatic rings. The molecule has 2 heteroatoms. The number of benzene rings is 5. The Labute approximate surface area is 228 Å². The Morgan fingerprint density at radius 2 is 0.947 bits per heavy atom. The third-order valence-electron chi connectivity index (χ3n) is 7.09. The van der Waals surface area contributed by atoms with Crippen molar-refractivity contribution < 1.29 is 4.55 Å². The van der Waals surface area contributed by atoms with Gasteiger partial charge in [-0.15, -0.1) is 0 Å². The van der Waals surface area contributed by atoms with E-state index in [4.69, 9.17) is 0 Å². The average molecular weight is 509 g/mol. The third-order valence-corrected chi connectivity index (χ3v) is 8.33. The Morgan fingerprint density at radius 1 is 0.474 bits per heavy atom. The van der Waals surface area contributed by atoms with Crippen molar-refractivity contribution in [2.75, 3.05) is 0 Å². The first kappa shape index (κ1) is 24.2. The van der Waals surface area contributed by atoms with Crippen LogP contribution in [0.3, 0.4) is 0 Å². The highest BCUT2D eigenvalue weighted by Crippen LogP contribution is 2.45. The maximum atomic E-state index is 14.1. The summed E-state index contributed by atoms with van der Waals surface area (Å²) in [4.78, 5) is 0.833. The number of hydrogen-bond donors (Lipinski definition) is 0. The van der Waals surface area contributed by atoms with Gasteiger partial charge in [0.2, 0.25) is 0 Å². The van der Waals surface area contributed by atoms with Crippen molar-refractivity contribution >= 4 is 22.3 Å². The van der Waals surface area contributed by atoms with Gasteiger partial charge in [0.15, 0.2) is 4.90 Å². The van der Waals surface area contributed by atoms with Crippen LogP contribution in [0.5, 0.6) is 0 Å². The van der Waals surface area contributed by atoms with Crippen LogP contribution in [-0.4, -0.2) is 4.55 Å². The highest BCUT2D eigenvalue weighted by atomic mass is 32.2. The highest BCUT2D eigenvalue weighted by molar-refractivity contribution is 7.94. The smallest absolute Gasteiger partial charge is 0.165 e. The lowest BCUT2D eigenvalue weighted by molar-refractivity contribution is 0.604. The van der Waals surface area contributed by atoms with Crippen molar-refractivity contribution in [3.8, 4) is 11.1 Å². The van der Waals surface area contributed by atoms with Crippen LogP contribution in [0, 0.1) is 0 Å². The lowest BCUT2D eigenvalue weighted by atomic mass is 9.94. The molecule has 1 aliphatic carbocycles. The molecule has 0 fully saturated rings. The van der Waals surface area contributed by atoms with E-state index in [1.807, 2.05) is 41.8 Å². The number of fused-ring (bicyclic) bond motifs is 1. The minimum Gasteiger partial charge on any atom is -0.607 e. The summed E-state index contributed by atoms with van der Waals surface area (Å²) >= 11 is -1.33. The Bertz CT molecular complexity index is 1600. The van der Waals surface area contributed by atoms with E-state index in [0.717, 1.165) is 40.0 Å². The first-order valence-corrected chi connectivity index (χ1v) is 14.2. The molecule has 0 aromatic heterocycles. The van der Waals surface area contributed by atoms with Gasteiger partial charge in [-0.25, -0.2) is 0 Å². The minimum atomic E-state index is -1.33. The van der Waals surface area contributed by atoms with E-state index in [0.29, 0.717) is 0 Å². The second-order valence-electron chi connectivity index (χ2n) is 9.52. The molecular formula is C36H28OS. The fourth-order valence-corrected chi connectivity index (χ4v) is 6.50. The number of allylic oxidation sites excluding steroid dienone is 3. The predicted molar refractivity (Wildman–Crippen MR) is 160 cm³/mol. The van der Waals surface area contributed by atoms with E-state index in [9.17, 15) is 4.55 Å². The molecule has 1 unspecified atom stereocenters. The Balaban J connectivity index is 1.49. The van der Waals surface area contributed by atoms with E-state index in [-0.39, 0.29) is 0 Å². The van der Waals surface area contributed by atoms with Crippen molar-refractivity contribution in [2.45, 2.75) is 17.7 Å². The molecule has 5 aromatic carbocycles. The van der Waals surface area contributed by atoms with Crippen molar-refractivity contribution in [3.63, 3.8) is 0 Å². The molecule has 0 heterocycles. The maximum Gasteiger partial charge on any atom is 0.165 e. The SMILES string of the molecule is [O-][S+](/C=C1\C(Cc2ccccc2)=C(Cc2ccccc2)c2ccccc21)c1ccccc1-c1ccccc1. The van der Waals surface area contributed by atoms with E-state index in [2.05, 4.69) is 103 Å². The molecule has 6 rings (SSSR count). The van der Waals surface area contributed by atoms with Crippen LogP contribution in [0.1, 0.15) is 22.3 Å². The second kappa shape index (κ2) is 11.1. The topological polar surface area (TPSA) is 23.1 Å². The first-order valence-electron chi connectivity index (χ1n) is 12.9. The average Bonchev–Trinajstić information content (AvgIpc) is 3.26. The number of rotatable bonds is 7. The molecule has 38 heavy (non-hydrogen) atoms. The van der Waals surface area contributed by atoms with Gasteiger partial charge in [-0.3, -0.25) is 0 Å². The van der Waals surface area contributed by atoms with Gasteiger partial charge in [0, 0.05) is 22.3 Å².